The molecule has 1 heterocycles. The molecule has 110 valence electrons. The highest BCUT2D eigenvalue weighted by Crippen LogP contribution is 2.51. The summed E-state index contributed by atoms with van der Waals surface area (Å²) < 4.78 is 11.3. The number of carbonyl (C=O) groups excluding carboxylic acids is 2. The third-order valence-corrected chi connectivity index (χ3v) is 4.48. The molecule has 0 bridgehead atoms. The van der Waals surface area contributed by atoms with Gasteiger partial charge in [-0.1, -0.05) is 0 Å². The Kier molecular flexibility index (Phi) is 2.97. The van der Waals surface area contributed by atoms with Crippen molar-refractivity contribution in [1.82, 2.24) is 0 Å². The number of fused-ring (bicyclic) bond motifs is 1. The van der Waals surface area contributed by atoms with Crippen LogP contribution in [0.1, 0.15) is 34.6 Å². The summed E-state index contributed by atoms with van der Waals surface area (Å²) in [5.74, 6) is -2.00. The maximum absolute atomic E-state index is 12.5. The van der Waals surface area contributed by atoms with Gasteiger partial charge in [-0.3, -0.25) is 9.59 Å². The minimum Gasteiger partial charge on any atom is -0.479 e. The van der Waals surface area contributed by atoms with Crippen LogP contribution >= 0.6 is 0 Å². The van der Waals surface area contributed by atoms with E-state index in [0.29, 0.717) is 11.1 Å². The topological polar surface area (TPSA) is 89.9 Å². The van der Waals surface area contributed by atoms with E-state index in [9.17, 15) is 19.5 Å². The fraction of sp³-hybridized carbons (Fsp3) is 0.643. The van der Waals surface area contributed by atoms with Gasteiger partial charge in [0.25, 0.3) is 0 Å². The molecule has 0 radical (unpaired) electrons. The Morgan fingerprint density at radius 2 is 1.80 bits per heavy atom. The minimum atomic E-state index is -1.66. The molecule has 6 nitrogen and oxygen atoms in total. The lowest BCUT2D eigenvalue weighted by molar-refractivity contribution is -0.274. The Bertz CT molecular complexity index is 562. The molecule has 2 aliphatic rings. The van der Waals surface area contributed by atoms with E-state index in [2.05, 4.69) is 0 Å². The number of carboxylic acid groups (broad SMARTS) is 1. The largest absolute Gasteiger partial charge is 0.479 e. The van der Waals surface area contributed by atoms with E-state index in [1.165, 1.54) is 20.8 Å². The van der Waals surface area contributed by atoms with Crippen LogP contribution < -0.4 is 0 Å². The molecule has 2 rings (SSSR count). The van der Waals surface area contributed by atoms with Gasteiger partial charge < -0.3 is 14.6 Å². The molecule has 0 spiro atoms. The monoisotopic (exact) mass is 282 g/mol. The van der Waals surface area contributed by atoms with Gasteiger partial charge in [-0.2, -0.15) is 0 Å². The standard InChI is InChI=1S/C14H18O6/c1-7-8(2)14(9(3)15)13(5,10(7)16)20-12(4,6-19-14)11(17)18/h6H2,1-5H3,(H,17,18)/t12-,13-,14+/m0/s1. The highest BCUT2D eigenvalue weighted by Gasteiger charge is 2.70. The van der Waals surface area contributed by atoms with E-state index < -0.39 is 28.6 Å². The van der Waals surface area contributed by atoms with Gasteiger partial charge in [0, 0.05) is 0 Å². The van der Waals surface area contributed by atoms with Gasteiger partial charge in [0.2, 0.25) is 0 Å². The number of ether oxygens (including phenoxy) is 2. The lowest BCUT2D eigenvalue weighted by Gasteiger charge is -2.50. The highest BCUT2D eigenvalue weighted by atomic mass is 16.6. The number of Topliss-reactive ketones (excluding diaryl/α,β-unsaturated/α-hetero) is 2. The van der Waals surface area contributed by atoms with Crippen LogP contribution in [0, 0.1) is 0 Å². The summed E-state index contributed by atoms with van der Waals surface area (Å²) >= 11 is 0. The van der Waals surface area contributed by atoms with Gasteiger partial charge in [-0.25, -0.2) is 4.79 Å². The summed E-state index contributed by atoms with van der Waals surface area (Å²) in [7, 11) is 0. The van der Waals surface area contributed by atoms with Gasteiger partial charge in [-0.15, -0.1) is 0 Å². The van der Waals surface area contributed by atoms with Gasteiger partial charge in [0.1, 0.15) is 0 Å². The summed E-state index contributed by atoms with van der Waals surface area (Å²) in [5, 5.41) is 9.26. The number of hydrogen-bond acceptors (Lipinski definition) is 5. The molecule has 1 saturated heterocycles. The molecule has 6 heteroatoms. The SMILES string of the molecule is CC(=O)[C@@]12OC[C@@](C)(C(=O)O)O[C@@]1(C)C(=O)C(C)=C2C. The van der Waals surface area contributed by atoms with Gasteiger partial charge >= 0.3 is 5.97 Å². The Hall–Kier alpha value is -1.53. The second-order valence-corrected chi connectivity index (χ2v) is 5.78. The Balaban J connectivity index is 2.64. The van der Waals surface area contributed by atoms with E-state index in [1.807, 2.05) is 0 Å². The van der Waals surface area contributed by atoms with Gasteiger partial charge in [-0.05, 0) is 45.8 Å². The first-order valence-corrected chi connectivity index (χ1v) is 6.34. The number of ketones is 2. The van der Waals surface area contributed by atoms with Crippen LogP contribution in [0.25, 0.3) is 0 Å². The number of carbonyl (C=O) groups is 3. The zero-order valence-corrected chi connectivity index (χ0v) is 12.2. The molecule has 1 aliphatic carbocycles. The fourth-order valence-corrected chi connectivity index (χ4v) is 3.21. The Labute approximate surface area is 116 Å². The lowest BCUT2D eigenvalue weighted by atomic mass is 9.77. The highest BCUT2D eigenvalue weighted by molar-refractivity contribution is 6.14. The van der Waals surface area contributed by atoms with Crippen LogP contribution in [-0.2, 0) is 23.9 Å². The van der Waals surface area contributed by atoms with Crippen molar-refractivity contribution < 1.29 is 29.0 Å². The van der Waals surface area contributed by atoms with Crippen LogP contribution in [-0.4, -0.2) is 46.1 Å². The summed E-state index contributed by atoms with van der Waals surface area (Å²) in [6.07, 6.45) is 0. The maximum atomic E-state index is 12.5. The van der Waals surface area contributed by atoms with Crippen LogP contribution in [0.3, 0.4) is 0 Å². The summed E-state index contributed by atoms with van der Waals surface area (Å²) in [6, 6.07) is 0. The fourth-order valence-electron chi connectivity index (χ4n) is 3.21. The van der Waals surface area contributed by atoms with Gasteiger partial charge in [0.15, 0.2) is 28.4 Å². The molecular formula is C14H18O6. The second-order valence-electron chi connectivity index (χ2n) is 5.78. The summed E-state index contributed by atoms with van der Waals surface area (Å²) in [5.41, 5.74) is -3.95. The molecular weight excluding hydrogens is 264 g/mol. The zero-order chi connectivity index (χ0) is 15.5. The molecule has 0 aromatic rings. The van der Waals surface area contributed by atoms with Crippen molar-refractivity contribution in [2.75, 3.05) is 6.61 Å². The number of carboxylic acids is 1. The van der Waals surface area contributed by atoms with Crippen LogP contribution in [0.15, 0.2) is 11.1 Å². The predicted octanol–water partition coefficient (Wildman–Crippen LogP) is 0.882. The minimum absolute atomic E-state index is 0.296. The van der Waals surface area contributed by atoms with E-state index in [0.717, 1.165) is 0 Å². The normalized spacial score (nSPS) is 40.8. The van der Waals surface area contributed by atoms with Crippen molar-refractivity contribution in [2.45, 2.75) is 51.4 Å². The third-order valence-electron chi connectivity index (χ3n) is 4.48. The van der Waals surface area contributed by atoms with Crippen molar-refractivity contribution in [1.29, 1.82) is 0 Å². The average Bonchev–Trinajstić information content (AvgIpc) is 2.49. The van der Waals surface area contributed by atoms with Crippen molar-refractivity contribution >= 4 is 17.5 Å². The molecule has 0 aromatic carbocycles. The van der Waals surface area contributed by atoms with Crippen molar-refractivity contribution in [3.8, 4) is 0 Å². The molecule has 1 aliphatic heterocycles. The average molecular weight is 282 g/mol. The zero-order valence-electron chi connectivity index (χ0n) is 12.2. The molecule has 0 saturated carbocycles. The molecule has 1 fully saturated rings. The van der Waals surface area contributed by atoms with E-state index in [4.69, 9.17) is 9.47 Å². The number of rotatable bonds is 2. The van der Waals surface area contributed by atoms with E-state index in [1.54, 1.807) is 13.8 Å². The smallest absolute Gasteiger partial charge is 0.338 e. The first kappa shape index (κ1) is 14.9. The quantitative estimate of drug-likeness (QED) is 0.808. The number of aliphatic carboxylic acids is 1. The van der Waals surface area contributed by atoms with Crippen LogP contribution in [0.5, 0.6) is 0 Å². The van der Waals surface area contributed by atoms with Gasteiger partial charge in [0.05, 0.1) is 6.61 Å². The first-order valence-electron chi connectivity index (χ1n) is 6.34. The number of hydrogen-bond donors (Lipinski definition) is 1. The summed E-state index contributed by atoms with van der Waals surface area (Å²) in [4.78, 5) is 36.0. The molecule has 1 N–H and O–H groups in total. The Morgan fingerprint density at radius 3 is 2.25 bits per heavy atom. The summed E-state index contributed by atoms with van der Waals surface area (Å²) in [6.45, 7) is 7.03. The molecule has 0 aromatic heterocycles. The van der Waals surface area contributed by atoms with Crippen LogP contribution in [0.4, 0.5) is 0 Å². The van der Waals surface area contributed by atoms with Crippen molar-refractivity contribution in [3.63, 3.8) is 0 Å². The van der Waals surface area contributed by atoms with E-state index >= 15 is 0 Å². The van der Waals surface area contributed by atoms with E-state index in [-0.39, 0.29) is 12.4 Å². The third kappa shape index (κ3) is 1.43. The molecule has 0 amide bonds. The predicted molar refractivity (Wildman–Crippen MR) is 68.3 cm³/mol. The van der Waals surface area contributed by atoms with Crippen molar-refractivity contribution in [3.05, 3.63) is 11.1 Å². The lowest BCUT2D eigenvalue weighted by Crippen LogP contribution is -2.70. The molecule has 20 heavy (non-hydrogen) atoms. The Morgan fingerprint density at radius 1 is 1.25 bits per heavy atom. The first-order chi connectivity index (χ1) is 9.03. The molecule has 3 atom stereocenters. The van der Waals surface area contributed by atoms with Crippen molar-refractivity contribution in [2.24, 2.45) is 0 Å². The second kappa shape index (κ2) is 3.99. The maximum Gasteiger partial charge on any atom is 0.338 e. The molecule has 0 unspecified atom stereocenters. The van der Waals surface area contributed by atoms with Crippen LogP contribution in [0.2, 0.25) is 0 Å².